The molecule has 120 valence electrons. The van der Waals surface area contributed by atoms with Crippen molar-refractivity contribution in [3.63, 3.8) is 0 Å². The molecule has 2 aromatic heterocycles. The Morgan fingerprint density at radius 3 is 2.71 bits per heavy atom. The normalized spacial score (nSPS) is 11.4. The van der Waals surface area contributed by atoms with Crippen molar-refractivity contribution in [2.24, 2.45) is 0 Å². The van der Waals surface area contributed by atoms with E-state index in [4.69, 9.17) is 11.5 Å². The van der Waals surface area contributed by atoms with Gasteiger partial charge in [0.25, 0.3) is 0 Å². The molecule has 6 heteroatoms. The first-order valence-corrected chi connectivity index (χ1v) is 7.75. The zero-order valence-corrected chi connectivity index (χ0v) is 13.6. The zero-order chi connectivity index (χ0) is 16.8. The molecule has 0 unspecified atom stereocenters. The van der Waals surface area contributed by atoms with E-state index in [0.717, 1.165) is 0 Å². The van der Waals surface area contributed by atoms with Crippen LogP contribution < -0.4 is 11.5 Å². The first kappa shape index (κ1) is 14.4. The van der Waals surface area contributed by atoms with Gasteiger partial charge in [0, 0.05) is 0 Å². The number of aromatic nitrogens is 4. The van der Waals surface area contributed by atoms with Crippen LogP contribution in [0.25, 0.3) is 21.9 Å². The molecule has 4 N–H and O–H groups in total. The van der Waals surface area contributed by atoms with E-state index in [9.17, 15) is 0 Å². The number of anilines is 2. The second-order valence-electron chi connectivity index (χ2n) is 6.10. The lowest BCUT2D eigenvalue weighted by molar-refractivity contribution is 0.814. The number of fused-ring (bicyclic) bond motifs is 2. The number of hydrogen-bond acceptors (Lipinski definition) is 5. The molecule has 0 amide bonds. The minimum absolute atomic E-state index is 0.159. The molecule has 0 spiro atoms. The van der Waals surface area contributed by atoms with Gasteiger partial charge in [0.15, 0.2) is 11.5 Å². The molecular formula is C18H18N6. The number of aryl methyl sites for hydroxylation is 2. The van der Waals surface area contributed by atoms with E-state index in [1.165, 1.54) is 27.5 Å². The summed E-state index contributed by atoms with van der Waals surface area (Å²) < 4.78 is 1.96. The smallest absolute Gasteiger partial charge is 0.224 e. The first-order valence-electron chi connectivity index (χ1n) is 7.75. The van der Waals surface area contributed by atoms with Crippen molar-refractivity contribution in [1.82, 2.24) is 19.5 Å². The van der Waals surface area contributed by atoms with Gasteiger partial charge in [-0.05, 0) is 35.7 Å². The summed E-state index contributed by atoms with van der Waals surface area (Å²) in [7, 11) is 0. The van der Waals surface area contributed by atoms with Gasteiger partial charge < -0.3 is 16.0 Å². The minimum Gasteiger partial charge on any atom is -0.382 e. The lowest BCUT2D eigenvalue weighted by Gasteiger charge is -2.12. The third kappa shape index (κ3) is 2.23. The summed E-state index contributed by atoms with van der Waals surface area (Å²) in [6.07, 6.45) is 1.74. The predicted octanol–water partition coefficient (Wildman–Crippen LogP) is 2.81. The molecule has 0 fully saturated rings. The largest absolute Gasteiger partial charge is 0.382 e. The molecule has 4 rings (SSSR count). The van der Waals surface area contributed by atoms with Crippen molar-refractivity contribution in [1.29, 1.82) is 0 Å². The average molecular weight is 318 g/mol. The van der Waals surface area contributed by atoms with Crippen LogP contribution in [-0.2, 0) is 6.54 Å². The molecule has 2 heterocycles. The van der Waals surface area contributed by atoms with Crippen molar-refractivity contribution in [2.75, 3.05) is 11.5 Å². The van der Waals surface area contributed by atoms with E-state index in [1.54, 1.807) is 6.33 Å². The number of rotatable bonds is 2. The molecule has 0 atom stereocenters. The SMILES string of the molecule is Cc1ccc2c(Cn3cnc4c(N)nc(N)nc43)c(C)ccc2c1. The van der Waals surface area contributed by atoms with Gasteiger partial charge in [-0.2, -0.15) is 9.97 Å². The van der Waals surface area contributed by atoms with Crippen molar-refractivity contribution < 1.29 is 0 Å². The van der Waals surface area contributed by atoms with E-state index in [0.29, 0.717) is 23.5 Å². The van der Waals surface area contributed by atoms with Crippen LogP contribution in [0.5, 0.6) is 0 Å². The second kappa shape index (κ2) is 5.19. The molecular weight excluding hydrogens is 300 g/mol. The average Bonchev–Trinajstić information content (AvgIpc) is 2.93. The summed E-state index contributed by atoms with van der Waals surface area (Å²) in [5.74, 6) is 0.466. The predicted molar refractivity (Wildman–Crippen MR) is 96.7 cm³/mol. The fourth-order valence-corrected chi connectivity index (χ4v) is 3.10. The van der Waals surface area contributed by atoms with Crippen molar-refractivity contribution in [3.05, 3.63) is 53.3 Å². The summed E-state index contributed by atoms with van der Waals surface area (Å²) in [6, 6.07) is 10.8. The number of benzene rings is 2. The lowest BCUT2D eigenvalue weighted by atomic mass is 9.98. The highest BCUT2D eigenvalue weighted by Crippen LogP contribution is 2.26. The molecule has 0 bridgehead atoms. The second-order valence-corrected chi connectivity index (χ2v) is 6.10. The van der Waals surface area contributed by atoms with Crippen LogP contribution in [0.15, 0.2) is 36.7 Å². The van der Waals surface area contributed by atoms with E-state index >= 15 is 0 Å². The van der Waals surface area contributed by atoms with Gasteiger partial charge in [0.05, 0.1) is 12.9 Å². The molecule has 0 aliphatic carbocycles. The quantitative estimate of drug-likeness (QED) is 0.592. The van der Waals surface area contributed by atoms with Crippen LogP contribution >= 0.6 is 0 Å². The summed E-state index contributed by atoms with van der Waals surface area (Å²) >= 11 is 0. The number of imidazole rings is 1. The fourth-order valence-electron chi connectivity index (χ4n) is 3.10. The summed E-state index contributed by atoms with van der Waals surface area (Å²) in [5, 5.41) is 2.46. The Labute approximate surface area is 139 Å². The standard InChI is InChI=1S/C18H18N6/c1-10-3-6-13-12(7-10)5-4-11(2)14(13)8-24-9-21-15-16(19)22-18(20)23-17(15)24/h3-7,9H,8H2,1-2H3,(H4,19,20,22,23). The highest BCUT2D eigenvalue weighted by atomic mass is 15.2. The third-order valence-corrected chi connectivity index (χ3v) is 4.36. The van der Waals surface area contributed by atoms with Crippen LogP contribution in [0.4, 0.5) is 11.8 Å². The van der Waals surface area contributed by atoms with Gasteiger partial charge in [-0.1, -0.05) is 35.9 Å². The lowest BCUT2D eigenvalue weighted by Crippen LogP contribution is -2.05. The monoisotopic (exact) mass is 318 g/mol. The molecule has 2 aromatic carbocycles. The number of nitrogens with zero attached hydrogens (tertiary/aromatic N) is 4. The van der Waals surface area contributed by atoms with Gasteiger partial charge in [0.2, 0.25) is 5.95 Å². The zero-order valence-electron chi connectivity index (χ0n) is 13.6. The molecule has 0 saturated carbocycles. The minimum atomic E-state index is 0.159. The van der Waals surface area contributed by atoms with Gasteiger partial charge in [-0.3, -0.25) is 0 Å². The van der Waals surface area contributed by atoms with Crippen LogP contribution in [0.1, 0.15) is 16.7 Å². The Morgan fingerprint density at radius 2 is 1.88 bits per heavy atom. The Bertz CT molecular complexity index is 1080. The van der Waals surface area contributed by atoms with Crippen LogP contribution in [0, 0.1) is 13.8 Å². The van der Waals surface area contributed by atoms with Crippen LogP contribution in [0.3, 0.4) is 0 Å². The van der Waals surface area contributed by atoms with Crippen molar-refractivity contribution in [3.8, 4) is 0 Å². The summed E-state index contributed by atoms with van der Waals surface area (Å²) in [6.45, 7) is 4.87. The number of nitrogen functional groups attached to an aromatic ring is 2. The molecule has 4 aromatic rings. The highest BCUT2D eigenvalue weighted by Gasteiger charge is 2.12. The Balaban J connectivity index is 1.90. The first-order chi connectivity index (χ1) is 11.5. The van der Waals surface area contributed by atoms with E-state index in [2.05, 4.69) is 59.1 Å². The highest BCUT2D eigenvalue weighted by molar-refractivity contribution is 5.88. The van der Waals surface area contributed by atoms with Gasteiger partial charge in [0.1, 0.15) is 5.52 Å². The van der Waals surface area contributed by atoms with Gasteiger partial charge >= 0.3 is 0 Å². The van der Waals surface area contributed by atoms with Gasteiger partial charge in [-0.25, -0.2) is 4.98 Å². The fraction of sp³-hybridized carbons (Fsp3) is 0.167. The maximum absolute atomic E-state index is 5.89. The topological polar surface area (TPSA) is 95.6 Å². The van der Waals surface area contributed by atoms with Crippen LogP contribution in [0.2, 0.25) is 0 Å². The van der Waals surface area contributed by atoms with Crippen molar-refractivity contribution >= 4 is 33.7 Å². The maximum atomic E-state index is 5.89. The Hall–Kier alpha value is -3.15. The Morgan fingerprint density at radius 1 is 1.04 bits per heavy atom. The molecule has 0 saturated heterocycles. The summed E-state index contributed by atoms with van der Waals surface area (Å²) in [5.41, 5.74) is 16.6. The van der Waals surface area contributed by atoms with E-state index in [1.807, 2.05) is 4.57 Å². The number of nitrogens with two attached hydrogens (primary N) is 2. The third-order valence-electron chi connectivity index (χ3n) is 4.36. The Kier molecular flexibility index (Phi) is 3.13. The molecule has 24 heavy (non-hydrogen) atoms. The van der Waals surface area contributed by atoms with E-state index < -0.39 is 0 Å². The maximum Gasteiger partial charge on any atom is 0.224 e. The van der Waals surface area contributed by atoms with Crippen molar-refractivity contribution in [2.45, 2.75) is 20.4 Å². The number of hydrogen-bond donors (Lipinski definition) is 2. The molecule has 0 radical (unpaired) electrons. The molecule has 6 nitrogen and oxygen atoms in total. The van der Waals surface area contributed by atoms with Crippen LogP contribution in [-0.4, -0.2) is 19.5 Å². The van der Waals surface area contributed by atoms with E-state index in [-0.39, 0.29) is 5.95 Å². The van der Waals surface area contributed by atoms with Gasteiger partial charge in [-0.15, -0.1) is 0 Å². The molecule has 0 aliphatic rings. The molecule has 0 aliphatic heterocycles. The summed E-state index contributed by atoms with van der Waals surface area (Å²) in [4.78, 5) is 12.6.